The quantitative estimate of drug-likeness (QED) is 0.309. The Morgan fingerprint density at radius 1 is 0.950 bits per heavy atom. The molecule has 0 unspecified atom stereocenters. The lowest BCUT2D eigenvalue weighted by molar-refractivity contribution is 0.0696. The van der Waals surface area contributed by atoms with Crippen LogP contribution in [-0.4, -0.2) is 56.3 Å². The van der Waals surface area contributed by atoms with Crippen molar-refractivity contribution in [1.82, 2.24) is 19.9 Å². The third-order valence-electron chi connectivity index (χ3n) is 7.41. The van der Waals surface area contributed by atoms with Crippen LogP contribution in [0.3, 0.4) is 0 Å². The number of piperidine rings is 1. The van der Waals surface area contributed by atoms with Gasteiger partial charge in [-0.05, 0) is 80.1 Å². The van der Waals surface area contributed by atoms with E-state index in [0.717, 1.165) is 49.0 Å². The van der Waals surface area contributed by atoms with Crippen molar-refractivity contribution in [2.75, 3.05) is 24.6 Å². The topological polar surface area (TPSA) is 138 Å². The van der Waals surface area contributed by atoms with Crippen LogP contribution in [0.2, 0.25) is 0 Å². The Balaban J connectivity index is 1.37. The zero-order valence-corrected chi connectivity index (χ0v) is 22.2. The fraction of sp³-hybridized carbons (Fsp3) is 0.300. The standard InChI is InChI=1S/C30H31N5O5/c1-19-25-10-11-26(37)35(27(25)33-30(32-19)34-15-12-20(13-16-34)14-17-36)24-8-6-22(7-9-24)28(38)31-18-21-2-4-23(5-3-21)29(39)40/h2-11,20,36H,12-18H2,1H3,(H,31,38)(H,39,40). The number of aromatic carboxylic acids is 1. The van der Waals surface area contributed by atoms with E-state index in [2.05, 4.69) is 10.2 Å². The van der Waals surface area contributed by atoms with Crippen LogP contribution in [0.4, 0.5) is 5.95 Å². The van der Waals surface area contributed by atoms with Gasteiger partial charge in [-0.2, -0.15) is 4.98 Å². The Labute approximate surface area is 230 Å². The number of carboxylic acids is 1. The van der Waals surface area contributed by atoms with E-state index in [1.54, 1.807) is 42.5 Å². The number of aromatic nitrogens is 3. The van der Waals surface area contributed by atoms with Crippen LogP contribution >= 0.6 is 0 Å². The third kappa shape index (κ3) is 5.72. The number of hydrogen-bond donors (Lipinski definition) is 3. The van der Waals surface area contributed by atoms with E-state index in [9.17, 15) is 19.5 Å². The number of pyridine rings is 1. The SMILES string of the molecule is Cc1nc(N2CCC(CCO)CC2)nc2c1ccc(=O)n2-c1ccc(C(=O)NCc2ccc(C(=O)O)cc2)cc1. The lowest BCUT2D eigenvalue weighted by Gasteiger charge is -2.32. The highest BCUT2D eigenvalue weighted by molar-refractivity contribution is 5.94. The summed E-state index contributed by atoms with van der Waals surface area (Å²) in [5.74, 6) is -0.213. The van der Waals surface area contributed by atoms with Gasteiger partial charge in [-0.15, -0.1) is 0 Å². The van der Waals surface area contributed by atoms with Gasteiger partial charge in [0.2, 0.25) is 5.95 Å². The van der Waals surface area contributed by atoms with Crippen molar-refractivity contribution in [3.8, 4) is 5.69 Å². The lowest BCUT2D eigenvalue weighted by atomic mass is 9.94. The maximum atomic E-state index is 13.0. The number of carbonyl (C=O) groups is 2. The van der Waals surface area contributed by atoms with Gasteiger partial charge in [0.1, 0.15) is 0 Å². The number of amides is 1. The van der Waals surface area contributed by atoms with Crippen LogP contribution in [0.5, 0.6) is 0 Å². The first-order chi connectivity index (χ1) is 19.3. The van der Waals surface area contributed by atoms with Gasteiger partial charge in [0.25, 0.3) is 11.5 Å². The normalized spacial score (nSPS) is 13.9. The smallest absolute Gasteiger partial charge is 0.335 e. The summed E-state index contributed by atoms with van der Waals surface area (Å²) < 4.78 is 1.54. The van der Waals surface area contributed by atoms with E-state index < -0.39 is 5.97 Å². The zero-order valence-electron chi connectivity index (χ0n) is 22.2. The zero-order chi connectivity index (χ0) is 28.2. The average Bonchev–Trinajstić information content (AvgIpc) is 2.96. The summed E-state index contributed by atoms with van der Waals surface area (Å²) in [5, 5.41) is 21.9. The maximum Gasteiger partial charge on any atom is 0.335 e. The predicted octanol–water partition coefficient (Wildman–Crippen LogP) is 3.32. The maximum absolute atomic E-state index is 13.0. The molecule has 0 aliphatic carbocycles. The third-order valence-corrected chi connectivity index (χ3v) is 7.41. The van der Waals surface area contributed by atoms with Gasteiger partial charge in [-0.3, -0.25) is 14.2 Å². The van der Waals surface area contributed by atoms with Gasteiger partial charge in [0.05, 0.1) is 16.9 Å². The summed E-state index contributed by atoms with van der Waals surface area (Å²) in [7, 11) is 0. The Bertz CT molecular complexity index is 1590. The lowest BCUT2D eigenvalue weighted by Crippen LogP contribution is -2.35. The molecule has 0 bridgehead atoms. The van der Waals surface area contributed by atoms with Crippen LogP contribution in [0.25, 0.3) is 16.7 Å². The molecule has 1 fully saturated rings. The van der Waals surface area contributed by atoms with E-state index >= 15 is 0 Å². The number of carbonyl (C=O) groups excluding carboxylic acids is 1. The fourth-order valence-corrected chi connectivity index (χ4v) is 5.06. The number of carboxylic acid groups (broad SMARTS) is 1. The minimum atomic E-state index is -1.00. The van der Waals surface area contributed by atoms with Crippen molar-refractivity contribution >= 4 is 28.9 Å². The molecule has 1 amide bonds. The summed E-state index contributed by atoms with van der Waals surface area (Å²) in [6, 6.07) is 16.3. The number of anilines is 1. The molecule has 1 aliphatic rings. The first-order valence-corrected chi connectivity index (χ1v) is 13.3. The highest BCUT2D eigenvalue weighted by Gasteiger charge is 2.22. The second-order valence-corrected chi connectivity index (χ2v) is 10.0. The number of fused-ring (bicyclic) bond motifs is 1. The Morgan fingerprint density at radius 2 is 1.62 bits per heavy atom. The van der Waals surface area contributed by atoms with Gasteiger partial charge in [0, 0.05) is 43.3 Å². The first kappa shape index (κ1) is 27.0. The monoisotopic (exact) mass is 541 g/mol. The van der Waals surface area contributed by atoms with Crippen LogP contribution in [0, 0.1) is 12.8 Å². The first-order valence-electron chi connectivity index (χ1n) is 13.3. The summed E-state index contributed by atoms with van der Waals surface area (Å²) in [4.78, 5) is 48.5. The molecule has 3 heterocycles. The van der Waals surface area contributed by atoms with Crippen molar-refractivity contribution < 1.29 is 19.8 Å². The van der Waals surface area contributed by atoms with Crippen molar-refractivity contribution in [1.29, 1.82) is 0 Å². The molecule has 4 aromatic rings. The molecule has 5 rings (SSSR count). The molecule has 10 heteroatoms. The van der Waals surface area contributed by atoms with Gasteiger partial charge in [-0.1, -0.05) is 12.1 Å². The van der Waals surface area contributed by atoms with Crippen molar-refractivity contribution in [2.24, 2.45) is 5.92 Å². The van der Waals surface area contributed by atoms with Gasteiger partial charge >= 0.3 is 5.97 Å². The average molecular weight is 542 g/mol. The van der Waals surface area contributed by atoms with Gasteiger partial charge in [0.15, 0.2) is 5.65 Å². The summed E-state index contributed by atoms with van der Waals surface area (Å²) >= 11 is 0. The van der Waals surface area contributed by atoms with Crippen molar-refractivity contribution in [2.45, 2.75) is 32.7 Å². The van der Waals surface area contributed by atoms with E-state index in [1.807, 2.05) is 6.92 Å². The second-order valence-electron chi connectivity index (χ2n) is 10.0. The number of aliphatic hydroxyl groups excluding tert-OH is 1. The highest BCUT2D eigenvalue weighted by Crippen LogP contribution is 2.26. The Kier molecular flexibility index (Phi) is 7.88. The largest absolute Gasteiger partial charge is 0.478 e. The number of nitrogens with zero attached hydrogens (tertiary/aromatic N) is 4. The molecular formula is C30H31N5O5. The van der Waals surface area contributed by atoms with E-state index in [-0.39, 0.29) is 30.2 Å². The minimum absolute atomic E-state index is 0.185. The highest BCUT2D eigenvalue weighted by atomic mass is 16.4. The number of hydrogen-bond acceptors (Lipinski definition) is 7. The number of aryl methyl sites for hydroxylation is 1. The predicted molar refractivity (Wildman–Crippen MR) is 151 cm³/mol. The fourth-order valence-electron chi connectivity index (χ4n) is 5.06. The van der Waals surface area contributed by atoms with Crippen LogP contribution in [0.1, 0.15) is 51.2 Å². The van der Waals surface area contributed by atoms with Gasteiger partial charge in [-0.25, -0.2) is 9.78 Å². The molecule has 3 N–H and O–H groups in total. The van der Waals surface area contributed by atoms with Crippen LogP contribution in [-0.2, 0) is 6.54 Å². The second kappa shape index (κ2) is 11.7. The summed E-state index contributed by atoms with van der Waals surface area (Å²) in [6.07, 6.45) is 2.72. The molecule has 1 saturated heterocycles. The molecule has 206 valence electrons. The molecule has 10 nitrogen and oxygen atoms in total. The van der Waals surface area contributed by atoms with Crippen LogP contribution < -0.4 is 15.8 Å². The van der Waals surface area contributed by atoms with Crippen molar-refractivity contribution in [3.05, 3.63) is 93.4 Å². The molecule has 0 atom stereocenters. The molecule has 0 spiro atoms. The number of nitrogens with one attached hydrogen (secondary N) is 1. The van der Waals surface area contributed by atoms with E-state index in [1.165, 1.54) is 22.8 Å². The Morgan fingerprint density at radius 3 is 2.27 bits per heavy atom. The Hall–Kier alpha value is -4.57. The van der Waals surface area contributed by atoms with Crippen molar-refractivity contribution in [3.63, 3.8) is 0 Å². The van der Waals surface area contributed by atoms with Gasteiger partial charge < -0.3 is 20.4 Å². The number of aliphatic hydroxyl groups is 1. The van der Waals surface area contributed by atoms with Crippen LogP contribution in [0.15, 0.2) is 65.5 Å². The molecular weight excluding hydrogens is 510 g/mol. The number of rotatable bonds is 8. The van der Waals surface area contributed by atoms with E-state index in [0.29, 0.717) is 28.8 Å². The van der Waals surface area contributed by atoms with E-state index in [4.69, 9.17) is 15.1 Å². The minimum Gasteiger partial charge on any atom is -0.478 e. The molecule has 0 saturated carbocycles. The molecule has 2 aromatic heterocycles. The molecule has 0 radical (unpaired) electrons. The molecule has 40 heavy (non-hydrogen) atoms. The summed E-state index contributed by atoms with van der Waals surface area (Å²) in [6.45, 7) is 3.94. The summed E-state index contributed by atoms with van der Waals surface area (Å²) in [5.41, 5.74) is 3.03. The molecule has 2 aromatic carbocycles. The molecule has 1 aliphatic heterocycles. The number of benzene rings is 2.